The summed E-state index contributed by atoms with van der Waals surface area (Å²) >= 11 is 0. The molecule has 1 saturated carbocycles. The van der Waals surface area contributed by atoms with Crippen LogP contribution >= 0.6 is 0 Å². The Bertz CT molecular complexity index is 1090. The fourth-order valence-corrected chi connectivity index (χ4v) is 4.64. The van der Waals surface area contributed by atoms with E-state index in [1.54, 1.807) is 0 Å². The van der Waals surface area contributed by atoms with Crippen molar-refractivity contribution in [3.05, 3.63) is 78.3 Å². The van der Waals surface area contributed by atoms with Crippen molar-refractivity contribution >= 4 is 22.7 Å². The number of carbonyl (C=O) groups excluding carboxylic acids is 1. The van der Waals surface area contributed by atoms with Gasteiger partial charge in [0.15, 0.2) is 0 Å². The van der Waals surface area contributed by atoms with Crippen molar-refractivity contribution < 1.29 is 4.79 Å². The Morgan fingerprint density at radius 3 is 2.79 bits per heavy atom. The number of rotatable bonds is 10. The van der Waals surface area contributed by atoms with Crippen LogP contribution in [0.3, 0.4) is 0 Å². The number of imidazole rings is 1. The van der Waals surface area contributed by atoms with Crippen molar-refractivity contribution in [2.75, 3.05) is 13.1 Å². The lowest BCUT2D eigenvalue weighted by atomic mass is 9.91. The molecule has 0 aliphatic heterocycles. The van der Waals surface area contributed by atoms with E-state index in [9.17, 15) is 4.79 Å². The molecule has 178 valence electrons. The van der Waals surface area contributed by atoms with E-state index in [1.165, 1.54) is 18.6 Å². The topological polar surface area (TPSA) is 73.4 Å². The number of hydrogen-bond acceptors (Lipinski definition) is 4. The fraction of sp³-hybridized carbons (Fsp3) is 0.393. The van der Waals surface area contributed by atoms with Gasteiger partial charge in [-0.15, -0.1) is 0 Å². The van der Waals surface area contributed by atoms with Crippen LogP contribution in [0, 0.1) is 0 Å². The number of para-hydroxylation sites is 2. The maximum absolute atomic E-state index is 12.3. The van der Waals surface area contributed by atoms with Gasteiger partial charge in [-0.05, 0) is 69.8 Å². The molecule has 1 aliphatic rings. The van der Waals surface area contributed by atoms with E-state index in [-0.39, 0.29) is 5.91 Å². The van der Waals surface area contributed by atoms with Crippen LogP contribution < -0.4 is 5.32 Å². The number of nitrogens with one attached hydrogen (secondary N) is 2. The summed E-state index contributed by atoms with van der Waals surface area (Å²) in [5.41, 5.74) is 4.07. The van der Waals surface area contributed by atoms with E-state index in [0.29, 0.717) is 18.2 Å². The molecule has 1 heterocycles. The van der Waals surface area contributed by atoms with E-state index in [1.807, 2.05) is 61.7 Å². The Hall–Kier alpha value is -3.25. The van der Waals surface area contributed by atoms with E-state index in [4.69, 9.17) is 9.98 Å². The number of aromatic nitrogens is 2. The summed E-state index contributed by atoms with van der Waals surface area (Å²) in [6, 6.07) is 17.9. The van der Waals surface area contributed by atoms with Gasteiger partial charge < -0.3 is 10.3 Å². The quantitative estimate of drug-likeness (QED) is 0.395. The minimum atomic E-state index is -0.00668. The zero-order valence-electron chi connectivity index (χ0n) is 20.0. The van der Waals surface area contributed by atoms with Gasteiger partial charge in [0, 0.05) is 30.1 Å². The lowest BCUT2D eigenvalue weighted by Crippen LogP contribution is -2.43. The van der Waals surface area contributed by atoms with Gasteiger partial charge >= 0.3 is 0 Å². The van der Waals surface area contributed by atoms with Gasteiger partial charge in [-0.3, -0.25) is 14.7 Å². The summed E-state index contributed by atoms with van der Waals surface area (Å²) in [5.74, 6) is 0.988. The lowest BCUT2D eigenvalue weighted by Gasteiger charge is -2.35. The Labute approximate surface area is 202 Å². The van der Waals surface area contributed by atoms with Crippen molar-refractivity contribution in [1.82, 2.24) is 20.2 Å². The fourth-order valence-electron chi connectivity index (χ4n) is 4.64. The van der Waals surface area contributed by atoms with E-state index in [2.05, 4.69) is 27.3 Å². The number of unbranched alkanes of at least 4 members (excludes halogenated alkanes) is 1. The molecular weight excluding hydrogens is 422 g/mol. The van der Waals surface area contributed by atoms with Crippen LogP contribution in [0.2, 0.25) is 0 Å². The molecule has 0 radical (unpaired) electrons. The van der Waals surface area contributed by atoms with Crippen LogP contribution in [-0.4, -0.2) is 45.6 Å². The van der Waals surface area contributed by atoms with Gasteiger partial charge in [-0.2, -0.15) is 0 Å². The number of hydrogen-bond donors (Lipinski definition) is 2. The van der Waals surface area contributed by atoms with Gasteiger partial charge in [-0.25, -0.2) is 4.98 Å². The molecule has 0 spiro atoms. The number of amides is 1. The molecule has 4 rings (SSSR count). The average molecular weight is 458 g/mol. The number of allylic oxidation sites excluding steroid dienone is 1. The first-order valence-electron chi connectivity index (χ1n) is 12.4. The number of carbonyl (C=O) groups is 1. The van der Waals surface area contributed by atoms with Crippen LogP contribution in [0.25, 0.3) is 11.0 Å². The summed E-state index contributed by atoms with van der Waals surface area (Å²) in [4.78, 5) is 27.9. The highest BCUT2D eigenvalue weighted by molar-refractivity contribution is 5.94. The second-order valence-corrected chi connectivity index (χ2v) is 8.86. The second kappa shape index (κ2) is 12.3. The summed E-state index contributed by atoms with van der Waals surface area (Å²) in [6.07, 6.45) is 10.5. The molecule has 2 aromatic carbocycles. The van der Waals surface area contributed by atoms with E-state index >= 15 is 0 Å². The third-order valence-electron chi connectivity index (χ3n) is 6.36. The highest BCUT2D eigenvalue weighted by Gasteiger charge is 2.27. The Balaban J connectivity index is 1.40. The molecule has 2 N–H and O–H groups in total. The van der Waals surface area contributed by atoms with Gasteiger partial charge in [0.1, 0.15) is 5.82 Å². The molecule has 1 atom stereocenters. The Kier molecular flexibility index (Phi) is 8.63. The number of benzene rings is 2. The highest BCUT2D eigenvalue weighted by Crippen LogP contribution is 2.24. The summed E-state index contributed by atoms with van der Waals surface area (Å²) in [5, 5.41) is 3.05. The number of aliphatic imine (C=N–C) groups is 1. The molecule has 1 amide bonds. The average Bonchev–Trinajstić information content (AvgIpc) is 3.29. The zero-order valence-corrected chi connectivity index (χ0v) is 20.0. The molecule has 0 bridgehead atoms. The van der Waals surface area contributed by atoms with Crippen molar-refractivity contribution in [1.29, 1.82) is 0 Å². The molecule has 1 aliphatic carbocycles. The summed E-state index contributed by atoms with van der Waals surface area (Å²) < 4.78 is 0. The minimum Gasteiger partial charge on any atom is -0.352 e. The van der Waals surface area contributed by atoms with Gasteiger partial charge in [0.25, 0.3) is 5.91 Å². The molecule has 6 nitrogen and oxygen atoms in total. The molecule has 6 heteroatoms. The Morgan fingerprint density at radius 1 is 1.15 bits per heavy atom. The van der Waals surface area contributed by atoms with Crippen molar-refractivity contribution in [3.63, 3.8) is 0 Å². The smallest absolute Gasteiger partial charge is 0.251 e. The Morgan fingerprint density at radius 2 is 1.97 bits per heavy atom. The molecule has 1 aromatic heterocycles. The van der Waals surface area contributed by atoms with Gasteiger partial charge in [0.2, 0.25) is 0 Å². The highest BCUT2D eigenvalue weighted by atomic mass is 16.1. The van der Waals surface area contributed by atoms with Crippen LogP contribution in [0.5, 0.6) is 0 Å². The van der Waals surface area contributed by atoms with Crippen molar-refractivity contribution in [3.8, 4) is 0 Å². The molecule has 0 saturated heterocycles. The largest absolute Gasteiger partial charge is 0.352 e. The normalized spacial score (nSPS) is 17.7. The molecule has 1 unspecified atom stereocenters. The first-order valence-corrected chi connectivity index (χ1v) is 12.4. The maximum Gasteiger partial charge on any atom is 0.251 e. The summed E-state index contributed by atoms with van der Waals surface area (Å²) in [6.45, 7) is 4.40. The van der Waals surface area contributed by atoms with Gasteiger partial charge in [0.05, 0.1) is 17.6 Å². The number of aromatic amines is 1. The molecule has 34 heavy (non-hydrogen) atoms. The first kappa shape index (κ1) is 23.9. The molecule has 1 fully saturated rings. The number of nitrogens with zero attached hydrogens (tertiary/aromatic N) is 3. The van der Waals surface area contributed by atoms with Gasteiger partial charge in [-0.1, -0.05) is 42.8 Å². The number of H-pyrrole nitrogens is 1. The third kappa shape index (κ3) is 6.41. The van der Waals surface area contributed by atoms with Crippen LogP contribution in [0.4, 0.5) is 0 Å². The van der Waals surface area contributed by atoms with Crippen molar-refractivity contribution in [2.45, 2.75) is 58.0 Å². The predicted molar refractivity (Wildman–Crippen MR) is 139 cm³/mol. The minimum absolute atomic E-state index is 0.00668. The second-order valence-electron chi connectivity index (χ2n) is 8.86. The van der Waals surface area contributed by atoms with Crippen molar-refractivity contribution in [2.24, 2.45) is 4.99 Å². The SMILES string of the molecule is C/C=C\N=C1/CCCCC1N(CCCCNC(=O)c1ccccc1)Cc1nc2ccccc2[nH]1. The maximum atomic E-state index is 12.3. The standard InChI is InChI=1S/C28H35N5O/c1-2-18-29-25-16-8-9-17-26(25)33(21-27-31-23-14-6-7-15-24(23)32-27)20-11-10-19-30-28(34)22-12-4-3-5-13-22/h2-7,12-15,18,26H,8-11,16-17,19-21H2,1H3,(H,30,34)(H,31,32)/b18-2-,29-25+. The van der Waals surface area contributed by atoms with Crippen LogP contribution in [0.1, 0.15) is 61.6 Å². The van der Waals surface area contributed by atoms with E-state index in [0.717, 1.165) is 55.6 Å². The predicted octanol–water partition coefficient (Wildman–Crippen LogP) is 5.49. The molecular formula is C28H35N5O. The zero-order chi connectivity index (χ0) is 23.6. The third-order valence-corrected chi connectivity index (χ3v) is 6.36. The van der Waals surface area contributed by atoms with E-state index < -0.39 is 0 Å². The van der Waals surface area contributed by atoms with Crippen LogP contribution in [-0.2, 0) is 6.54 Å². The first-order chi connectivity index (χ1) is 16.7. The summed E-state index contributed by atoms with van der Waals surface area (Å²) in [7, 11) is 0. The van der Waals surface area contributed by atoms with Crippen LogP contribution in [0.15, 0.2) is 71.9 Å². The molecule has 3 aromatic rings. The monoisotopic (exact) mass is 457 g/mol. The lowest BCUT2D eigenvalue weighted by molar-refractivity contribution is 0.0952. The number of fused-ring (bicyclic) bond motifs is 1.